The van der Waals surface area contributed by atoms with E-state index in [1.165, 1.54) is 0 Å². The highest BCUT2D eigenvalue weighted by atomic mass is 16.2. The molecule has 3 aromatic heterocycles. The Labute approximate surface area is 122 Å². The van der Waals surface area contributed by atoms with E-state index in [9.17, 15) is 4.79 Å². The van der Waals surface area contributed by atoms with Crippen molar-refractivity contribution in [3.8, 4) is 0 Å². The summed E-state index contributed by atoms with van der Waals surface area (Å²) in [4.78, 5) is 25.6. The number of amides is 1. The van der Waals surface area contributed by atoms with Gasteiger partial charge in [0.1, 0.15) is 0 Å². The Morgan fingerprint density at radius 2 is 2.10 bits per heavy atom. The van der Waals surface area contributed by atoms with Crippen LogP contribution in [0, 0.1) is 6.92 Å². The van der Waals surface area contributed by atoms with E-state index in [-0.39, 0.29) is 5.91 Å². The molecule has 0 aromatic carbocycles. The van der Waals surface area contributed by atoms with Crippen molar-refractivity contribution in [2.45, 2.75) is 13.5 Å². The Hall–Kier alpha value is -2.69. The molecular formula is C16H16N4O. The predicted molar refractivity (Wildman–Crippen MR) is 80.9 cm³/mol. The molecule has 0 aliphatic carbocycles. The van der Waals surface area contributed by atoms with Gasteiger partial charge in [0, 0.05) is 43.8 Å². The van der Waals surface area contributed by atoms with Crippen LogP contribution in [0.5, 0.6) is 0 Å². The van der Waals surface area contributed by atoms with Crippen LogP contribution in [-0.2, 0) is 6.54 Å². The second-order valence-corrected chi connectivity index (χ2v) is 5.09. The lowest BCUT2D eigenvalue weighted by Gasteiger charge is -2.18. The highest BCUT2D eigenvalue weighted by molar-refractivity contribution is 6.05. The Morgan fingerprint density at radius 1 is 1.24 bits per heavy atom. The number of rotatable bonds is 3. The summed E-state index contributed by atoms with van der Waals surface area (Å²) in [5, 5.41) is 0.893. The monoisotopic (exact) mass is 280 g/mol. The smallest absolute Gasteiger partial charge is 0.256 e. The molecule has 0 aliphatic heterocycles. The van der Waals surface area contributed by atoms with Gasteiger partial charge in [-0.25, -0.2) is 0 Å². The molecule has 3 heterocycles. The van der Waals surface area contributed by atoms with Crippen LogP contribution in [0.25, 0.3) is 10.9 Å². The first-order chi connectivity index (χ1) is 10.2. The summed E-state index contributed by atoms with van der Waals surface area (Å²) in [6.07, 6.45) is 8.70. The van der Waals surface area contributed by atoms with Gasteiger partial charge in [-0.15, -0.1) is 0 Å². The van der Waals surface area contributed by atoms with E-state index in [0.717, 1.165) is 22.0 Å². The van der Waals surface area contributed by atoms with Crippen molar-refractivity contribution in [3.63, 3.8) is 0 Å². The number of nitrogens with one attached hydrogen (secondary N) is 1. The number of hydrogen-bond donors (Lipinski definition) is 1. The van der Waals surface area contributed by atoms with E-state index in [4.69, 9.17) is 0 Å². The summed E-state index contributed by atoms with van der Waals surface area (Å²) in [5.74, 6) is -0.0454. The SMILES string of the molecule is Cc1ccncc1CN(C)C(=O)c1cncc2[nH]ccc12. The number of fused-ring (bicyclic) bond motifs is 1. The van der Waals surface area contributed by atoms with E-state index in [1.807, 2.05) is 25.3 Å². The zero-order chi connectivity index (χ0) is 14.8. The molecule has 5 nitrogen and oxygen atoms in total. The van der Waals surface area contributed by atoms with Crippen LogP contribution in [0.15, 0.2) is 43.1 Å². The summed E-state index contributed by atoms with van der Waals surface area (Å²) >= 11 is 0. The highest BCUT2D eigenvalue weighted by Gasteiger charge is 2.16. The third-order valence-electron chi connectivity index (χ3n) is 3.61. The molecule has 3 rings (SSSR count). The average molecular weight is 280 g/mol. The summed E-state index contributed by atoms with van der Waals surface area (Å²) in [6, 6.07) is 3.84. The van der Waals surface area contributed by atoms with E-state index in [0.29, 0.717) is 12.1 Å². The Balaban J connectivity index is 1.88. The maximum Gasteiger partial charge on any atom is 0.256 e. The summed E-state index contributed by atoms with van der Waals surface area (Å²) in [5.41, 5.74) is 3.65. The van der Waals surface area contributed by atoms with E-state index in [1.54, 1.807) is 36.7 Å². The highest BCUT2D eigenvalue weighted by Crippen LogP contribution is 2.18. The van der Waals surface area contributed by atoms with Crippen molar-refractivity contribution < 1.29 is 4.79 Å². The molecule has 0 atom stereocenters. The Morgan fingerprint density at radius 3 is 2.90 bits per heavy atom. The minimum atomic E-state index is -0.0454. The summed E-state index contributed by atoms with van der Waals surface area (Å²) < 4.78 is 0. The molecule has 1 N–H and O–H groups in total. The second kappa shape index (κ2) is 5.36. The first-order valence-electron chi connectivity index (χ1n) is 6.73. The number of carbonyl (C=O) groups excluding carboxylic acids is 1. The standard InChI is InChI=1S/C16H16N4O/c1-11-3-5-17-7-12(11)10-20(2)16(21)14-8-18-9-15-13(14)4-6-19-15/h3-9,19H,10H2,1-2H3. The predicted octanol–water partition coefficient (Wildman–Crippen LogP) is 2.54. The van der Waals surface area contributed by atoms with Crippen LogP contribution < -0.4 is 0 Å². The Bertz CT molecular complexity index is 794. The number of aryl methyl sites for hydroxylation is 1. The van der Waals surface area contributed by atoms with Gasteiger partial charge in [-0.3, -0.25) is 14.8 Å². The molecule has 0 bridgehead atoms. The van der Waals surface area contributed by atoms with Gasteiger partial charge in [0.15, 0.2) is 0 Å². The molecule has 0 aliphatic rings. The minimum absolute atomic E-state index is 0.0454. The van der Waals surface area contributed by atoms with Gasteiger partial charge in [0.2, 0.25) is 0 Å². The van der Waals surface area contributed by atoms with Crippen LogP contribution in [-0.4, -0.2) is 32.8 Å². The first-order valence-corrected chi connectivity index (χ1v) is 6.73. The average Bonchev–Trinajstić information content (AvgIpc) is 2.97. The van der Waals surface area contributed by atoms with Crippen molar-refractivity contribution >= 4 is 16.8 Å². The molecule has 0 fully saturated rings. The fourth-order valence-corrected chi connectivity index (χ4v) is 2.35. The quantitative estimate of drug-likeness (QED) is 0.802. The van der Waals surface area contributed by atoms with Gasteiger partial charge in [-0.05, 0) is 30.2 Å². The number of carbonyl (C=O) groups is 1. The number of H-pyrrole nitrogens is 1. The molecule has 0 spiro atoms. The fourth-order valence-electron chi connectivity index (χ4n) is 2.35. The molecular weight excluding hydrogens is 264 g/mol. The number of nitrogens with zero attached hydrogens (tertiary/aromatic N) is 3. The molecule has 0 unspecified atom stereocenters. The number of aromatic nitrogens is 3. The molecule has 5 heteroatoms. The van der Waals surface area contributed by atoms with Crippen LogP contribution in [0.4, 0.5) is 0 Å². The summed E-state index contributed by atoms with van der Waals surface area (Å²) in [6.45, 7) is 2.54. The molecule has 0 radical (unpaired) electrons. The molecule has 106 valence electrons. The molecule has 0 saturated heterocycles. The number of aromatic amines is 1. The lowest BCUT2D eigenvalue weighted by Crippen LogP contribution is -2.26. The maximum atomic E-state index is 12.6. The van der Waals surface area contributed by atoms with E-state index >= 15 is 0 Å². The van der Waals surface area contributed by atoms with Crippen molar-refractivity contribution in [2.24, 2.45) is 0 Å². The fraction of sp³-hybridized carbons (Fsp3) is 0.188. The lowest BCUT2D eigenvalue weighted by molar-refractivity contribution is 0.0786. The number of pyridine rings is 2. The number of hydrogen-bond acceptors (Lipinski definition) is 3. The minimum Gasteiger partial charge on any atom is -0.360 e. The van der Waals surface area contributed by atoms with Crippen molar-refractivity contribution in [2.75, 3.05) is 7.05 Å². The van der Waals surface area contributed by atoms with Crippen LogP contribution in [0.3, 0.4) is 0 Å². The lowest BCUT2D eigenvalue weighted by atomic mass is 10.1. The molecule has 1 amide bonds. The topological polar surface area (TPSA) is 61.9 Å². The third kappa shape index (κ3) is 2.50. The van der Waals surface area contributed by atoms with Gasteiger partial charge in [0.25, 0.3) is 5.91 Å². The van der Waals surface area contributed by atoms with Gasteiger partial charge >= 0.3 is 0 Å². The Kier molecular flexibility index (Phi) is 3.39. The zero-order valence-electron chi connectivity index (χ0n) is 12.0. The van der Waals surface area contributed by atoms with Crippen molar-refractivity contribution in [3.05, 3.63) is 59.8 Å². The van der Waals surface area contributed by atoms with Gasteiger partial charge in [0.05, 0.1) is 17.3 Å². The zero-order valence-corrected chi connectivity index (χ0v) is 12.0. The summed E-state index contributed by atoms with van der Waals surface area (Å²) in [7, 11) is 1.79. The van der Waals surface area contributed by atoms with Crippen molar-refractivity contribution in [1.82, 2.24) is 19.9 Å². The van der Waals surface area contributed by atoms with Crippen molar-refractivity contribution in [1.29, 1.82) is 0 Å². The molecule has 3 aromatic rings. The largest absolute Gasteiger partial charge is 0.360 e. The van der Waals surface area contributed by atoms with E-state index < -0.39 is 0 Å². The van der Waals surface area contributed by atoms with Gasteiger partial charge in [-0.1, -0.05) is 0 Å². The van der Waals surface area contributed by atoms with Crippen LogP contribution >= 0.6 is 0 Å². The normalized spacial score (nSPS) is 10.8. The van der Waals surface area contributed by atoms with Crippen LogP contribution in [0.1, 0.15) is 21.5 Å². The maximum absolute atomic E-state index is 12.6. The first kappa shape index (κ1) is 13.3. The van der Waals surface area contributed by atoms with Crippen LogP contribution in [0.2, 0.25) is 0 Å². The molecule has 0 saturated carbocycles. The van der Waals surface area contributed by atoms with E-state index in [2.05, 4.69) is 15.0 Å². The van der Waals surface area contributed by atoms with Gasteiger partial charge < -0.3 is 9.88 Å². The van der Waals surface area contributed by atoms with Gasteiger partial charge in [-0.2, -0.15) is 0 Å². The molecule has 21 heavy (non-hydrogen) atoms. The third-order valence-corrected chi connectivity index (χ3v) is 3.61. The second-order valence-electron chi connectivity index (χ2n) is 5.09.